The van der Waals surface area contributed by atoms with Crippen LogP contribution in [-0.2, 0) is 37.7 Å². The molecular formula is C47H81N5O11P+2. The number of ether oxygens (including phenoxy) is 2. The summed E-state index contributed by atoms with van der Waals surface area (Å²) in [7, 11) is -4.25. The summed E-state index contributed by atoms with van der Waals surface area (Å²) in [5.41, 5.74) is 3.82. The summed E-state index contributed by atoms with van der Waals surface area (Å²) in [6, 6.07) is 0. The van der Waals surface area contributed by atoms with Crippen molar-refractivity contribution < 1.29 is 58.4 Å². The SMILES string of the molecule is CCCCCCCC/C=C\CCCCCCCC(=O)OC[C@H](CO[P+]([O-])(O[NH3+])OCC[NH+]=C1C=CC([N+](=O)[O-])=C2[N]ON=C12)OC(=O)CCCCCCC/C=C\CCCCCCCC. The molecule has 2 rings (SSSR count). The normalized spacial score (nSPS) is 15.6. The van der Waals surface area contributed by atoms with Crippen molar-refractivity contribution in [3.63, 3.8) is 0 Å². The Labute approximate surface area is 383 Å². The van der Waals surface area contributed by atoms with Gasteiger partial charge in [-0.3, -0.25) is 19.7 Å². The number of nitro groups is 1. The molecule has 64 heavy (non-hydrogen) atoms. The van der Waals surface area contributed by atoms with E-state index in [1.165, 1.54) is 89.2 Å². The Kier molecular flexibility index (Phi) is 33.3. The summed E-state index contributed by atoms with van der Waals surface area (Å²) >= 11 is 0. The van der Waals surface area contributed by atoms with Gasteiger partial charge in [0.05, 0.1) is 4.92 Å². The summed E-state index contributed by atoms with van der Waals surface area (Å²) in [6.07, 6.45) is 41.1. The van der Waals surface area contributed by atoms with Crippen molar-refractivity contribution >= 4 is 31.5 Å². The number of unbranched alkanes of at least 4 members (excludes halogenated alkanes) is 22. The minimum Gasteiger partial charge on any atom is -0.601 e. The number of esters is 2. The molecule has 0 aromatic carbocycles. The van der Waals surface area contributed by atoms with Crippen LogP contribution in [0.25, 0.3) is 0 Å². The molecule has 17 heteroatoms. The number of fused-ring (bicyclic) bond motifs is 1. The van der Waals surface area contributed by atoms with Gasteiger partial charge < -0.3 is 14.4 Å². The Morgan fingerprint density at radius 2 is 1.23 bits per heavy atom. The molecule has 1 unspecified atom stereocenters. The second-order valence-electron chi connectivity index (χ2n) is 16.4. The number of hydrogen-bond donors (Lipinski definition) is 2. The largest absolute Gasteiger partial charge is 0.601 e. The van der Waals surface area contributed by atoms with E-state index in [1.807, 2.05) is 0 Å². The predicted molar refractivity (Wildman–Crippen MR) is 247 cm³/mol. The van der Waals surface area contributed by atoms with Crippen LogP contribution in [0.15, 0.2) is 53.0 Å². The molecule has 1 radical (unpaired) electrons. The number of rotatable bonds is 42. The van der Waals surface area contributed by atoms with Gasteiger partial charge in [0.1, 0.15) is 13.2 Å². The third kappa shape index (κ3) is 27.7. The fourth-order valence-electron chi connectivity index (χ4n) is 7.07. The first-order chi connectivity index (χ1) is 31.2. The average molecular weight is 923 g/mol. The van der Waals surface area contributed by atoms with Gasteiger partial charge in [0.25, 0.3) is 0 Å². The monoisotopic (exact) mass is 923 g/mol. The van der Waals surface area contributed by atoms with E-state index in [1.54, 1.807) is 0 Å². The van der Waals surface area contributed by atoms with Crippen molar-refractivity contribution in [3.05, 3.63) is 58.0 Å². The zero-order chi connectivity index (χ0) is 46.4. The van der Waals surface area contributed by atoms with Crippen LogP contribution >= 0.6 is 8.17 Å². The molecule has 0 spiro atoms. The van der Waals surface area contributed by atoms with Crippen LogP contribution in [0.2, 0.25) is 0 Å². The predicted octanol–water partition coefficient (Wildman–Crippen LogP) is 8.25. The molecule has 0 saturated heterocycles. The summed E-state index contributed by atoms with van der Waals surface area (Å²) in [5.74, 6) is 2.34. The molecular weight excluding hydrogens is 842 g/mol. The van der Waals surface area contributed by atoms with Gasteiger partial charge in [-0.05, 0) is 79.5 Å². The van der Waals surface area contributed by atoms with Gasteiger partial charge in [-0.1, -0.05) is 141 Å². The van der Waals surface area contributed by atoms with Gasteiger partial charge in [0, 0.05) is 25.0 Å². The Balaban J connectivity index is 1.76. The Morgan fingerprint density at radius 1 is 0.734 bits per heavy atom. The number of nitrogens with one attached hydrogen (secondary N) is 1. The van der Waals surface area contributed by atoms with E-state index < -0.39 is 37.7 Å². The van der Waals surface area contributed by atoms with Gasteiger partial charge in [-0.25, -0.2) is 9.93 Å². The molecule has 16 nitrogen and oxygen atoms in total. The van der Waals surface area contributed by atoms with Crippen molar-refractivity contribution in [2.75, 3.05) is 26.4 Å². The maximum atomic E-state index is 13.3. The molecule has 0 fully saturated rings. The second-order valence-corrected chi connectivity index (χ2v) is 18.1. The molecule has 0 aromatic heterocycles. The zero-order valence-corrected chi connectivity index (χ0v) is 40.0. The average Bonchev–Trinajstić information content (AvgIpc) is 3.79. The Morgan fingerprint density at radius 3 is 1.75 bits per heavy atom. The molecule has 1 aliphatic carbocycles. The van der Waals surface area contributed by atoms with E-state index in [0.717, 1.165) is 77.0 Å². The number of nitrogens with zero attached hydrogens (tertiary/aromatic N) is 3. The highest BCUT2D eigenvalue weighted by molar-refractivity contribution is 7.53. The van der Waals surface area contributed by atoms with Crippen LogP contribution in [0, 0.1) is 10.1 Å². The lowest BCUT2D eigenvalue weighted by atomic mass is 10.0. The number of carbonyl (C=O) groups excluding carboxylic acids is 2. The van der Waals surface area contributed by atoms with E-state index in [2.05, 4.69) is 64.6 Å². The van der Waals surface area contributed by atoms with Crippen molar-refractivity contribution in [1.29, 1.82) is 0 Å². The molecule has 0 bridgehead atoms. The highest BCUT2D eigenvalue weighted by Gasteiger charge is 2.39. The summed E-state index contributed by atoms with van der Waals surface area (Å²) in [4.78, 5) is 57.2. The van der Waals surface area contributed by atoms with E-state index in [0.29, 0.717) is 18.6 Å². The standard InChI is InChI=1S/C47H80N5O11P/c1-3-5-7-9-11-13-15-17-19-21-23-25-27-29-31-33-44(53)58-39-41(61-45(54)34-32-30-28-26-24-22-20-18-16-14-12-10-8-6-4-2)40-60-64(57,62-48)59-38-37-49-42-35-36-43(52(55)56)47-46(42)50-63-51-47/h17-20,35-36,41H,3-16,21-34,37-40H2,1-2,48H3/q+1/p+1/b19-17-,20-18-,49-42?/t41-,64?/m1/s1. The van der Waals surface area contributed by atoms with Gasteiger partial charge in [-0.2, -0.15) is 14.9 Å². The van der Waals surface area contributed by atoms with Crippen molar-refractivity contribution in [2.24, 2.45) is 5.16 Å². The molecule has 363 valence electrons. The fourth-order valence-corrected chi connectivity index (χ4v) is 7.96. The highest BCUT2D eigenvalue weighted by Crippen LogP contribution is 2.51. The van der Waals surface area contributed by atoms with E-state index >= 15 is 0 Å². The van der Waals surface area contributed by atoms with E-state index in [4.69, 9.17) is 23.1 Å². The first kappa shape index (κ1) is 56.6. The van der Waals surface area contributed by atoms with Crippen LogP contribution in [0.5, 0.6) is 0 Å². The topological polar surface area (TPSA) is 224 Å². The number of hydroxylamine groups is 1. The first-order valence-corrected chi connectivity index (χ1v) is 25.8. The number of quaternary nitrogens is 1. The number of carbonyl (C=O) groups is 2. The maximum absolute atomic E-state index is 13.3. The molecule has 2 aliphatic rings. The quantitative estimate of drug-likeness (QED) is 0.0113. The molecule has 1 heterocycles. The lowest BCUT2D eigenvalue weighted by Gasteiger charge is -2.22. The van der Waals surface area contributed by atoms with E-state index in [9.17, 15) is 24.6 Å². The third-order valence-corrected chi connectivity index (χ3v) is 12.1. The summed E-state index contributed by atoms with van der Waals surface area (Å²) in [6.45, 7) is 3.60. The number of oxime groups is 1. The molecule has 0 amide bonds. The van der Waals surface area contributed by atoms with Gasteiger partial charge in [-0.15, -0.1) is 0 Å². The molecule has 0 saturated carbocycles. The lowest BCUT2D eigenvalue weighted by Crippen LogP contribution is -2.75. The van der Waals surface area contributed by atoms with Crippen LogP contribution in [-0.4, -0.2) is 60.8 Å². The fraction of sp³-hybridized carbons (Fsp3) is 0.745. The number of phosphoric ester groups is 1. The van der Waals surface area contributed by atoms with Crippen molar-refractivity contribution in [1.82, 2.24) is 5.48 Å². The smallest absolute Gasteiger partial charge is 0.449 e. The number of allylic oxidation sites excluding steroid dienone is 7. The van der Waals surface area contributed by atoms with E-state index in [-0.39, 0.29) is 49.7 Å². The van der Waals surface area contributed by atoms with Crippen LogP contribution in [0.4, 0.5) is 0 Å². The molecule has 4 N–H and O–H groups in total. The number of hydrogen-bond acceptors (Lipinski definition) is 12. The van der Waals surface area contributed by atoms with Gasteiger partial charge in [0.2, 0.25) is 17.1 Å². The maximum Gasteiger partial charge on any atom is 0.449 e. The summed E-state index contributed by atoms with van der Waals surface area (Å²) in [5, 5.41) is 15.0. The van der Waals surface area contributed by atoms with Gasteiger partial charge in [0.15, 0.2) is 19.3 Å². The first-order valence-electron chi connectivity index (χ1n) is 24.3. The zero-order valence-electron chi connectivity index (χ0n) is 39.2. The van der Waals surface area contributed by atoms with Crippen LogP contribution < -0.4 is 21.3 Å². The Bertz CT molecular complexity index is 1490. The minimum atomic E-state index is -4.25. The molecule has 0 aromatic rings. The molecule has 2 atom stereocenters. The highest BCUT2D eigenvalue weighted by atomic mass is 31.2. The third-order valence-electron chi connectivity index (χ3n) is 10.8. The van der Waals surface area contributed by atoms with Crippen LogP contribution in [0.1, 0.15) is 194 Å². The molecule has 1 aliphatic heterocycles. The van der Waals surface area contributed by atoms with Gasteiger partial charge >= 0.3 is 25.8 Å². The summed E-state index contributed by atoms with van der Waals surface area (Å²) < 4.78 is 26.8. The van der Waals surface area contributed by atoms with Crippen molar-refractivity contribution in [3.8, 4) is 0 Å². The minimum absolute atomic E-state index is 0.0303. The second kappa shape index (κ2) is 37.7. The lowest BCUT2D eigenvalue weighted by molar-refractivity contribution is -0.656. The Hall–Kier alpha value is -3.53. The van der Waals surface area contributed by atoms with Crippen LogP contribution in [0.3, 0.4) is 0 Å². The van der Waals surface area contributed by atoms with Crippen molar-refractivity contribution in [2.45, 2.75) is 200 Å². The number of phosphoric acid groups is 1.